The Balaban J connectivity index is 1.68. The van der Waals surface area contributed by atoms with Crippen LogP contribution in [0.25, 0.3) is 0 Å². The number of nitrogens with zero attached hydrogens (tertiary/aromatic N) is 1. The Morgan fingerprint density at radius 3 is 2.83 bits per heavy atom. The molecule has 0 spiro atoms. The zero-order valence-electron chi connectivity index (χ0n) is 14.1. The van der Waals surface area contributed by atoms with Crippen LogP contribution in [0.15, 0.2) is 30.3 Å². The molecule has 2 heterocycles. The number of piperidine rings is 2. The van der Waals surface area contributed by atoms with Crippen molar-refractivity contribution in [2.24, 2.45) is 11.8 Å². The predicted molar refractivity (Wildman–Crippen MR) is 89.3 cm³/mol. The molecule has 2 fully saturated rings. The molecule has 1 aromatic rings. The van der Waals surface area contributed by atoms with Gasteiger partial charge in [-0.15, -0.1) is 0 Å². The van der Waals surface area contributed by atoms with E-state index in [1.807, 2.05) is 30.3 Å². The number of benzene rings is 1. The number of carbonyl (C=O) groups excluding carboxylic acids is 2. The molecule has 2 saturated heterocycles. The predicted octanol–water partition coefficient (Wildman–Crippen LogP) is 2.05. The molecule has 2 bridgehead atoms. The summed E-state index contributed by atoms with van der Waals surface area (Å²) in [6, 6.07) is 9.71. The highest BCUT2D eigenvalue weighted by molar-refractivity contribution is 6.01. The van der Waals surface area contributed by atoms with Gasteiger partial charge in [0.1, 0.15) is 5.92 Å². The van der Waals surface area contributed by atoms with Gasteiger partial charge in [-0.2, -0.15) is 0 Å². The lowest BCUT2D eigenvalue weighted by molar-refractivity contribution is -0.163. The number of fused-ring (bicyclic) bond motifs is 2. The standard InChI is InChI=1S/C19H25NO4/c1-2-24-19(22)17-16(13-23-12-14-7-4-3-5-8-14)20-10-6-9-15(11-20)18(17)21/h3-5,7-8,15-17H,2,6,9-13H2,1H3. The van der Waals surface area contributed by atoms with E-state index in [-0.39, 0.29) is 17.7 Å². The molecular weight excluding hydrogens is 306 g/mol. The third-order valence-corrected chi connectivity index (χ3v) is 4.96. The Morgan fingerprint density at radius 1 is 1.29 bits per heavy atom. The Bertz CT molecular complexity index is 574. The molecule has 4 unspecified atom stereocenters. The van der Waals surface area contributed by atoms with E-state index in [1.165, 1.54) is 0 Å². The number of hydrogen-bond acceptors (Lipinski definition) is 5. The fourth-order valence-electron chi connectivity index (χ4n) is 3.77. The largest absolute Gasteiger partial charge is 0.465 e. The van der Waals surface area contributed by atoms with E-state index in [0.717, 1.165) is 31.5 Å². The van der Waals surface area contributed by atoms with Crippen molar-refractivity contribution >= 4 is 11.8 Å². The van der Waals surface area contributed by atoms with Crippen molar-refractivity contribution in [3.63, 3.8) is 0 Å². The monoisotopic (exact) mass is 331 g/mol. The van der Waals surface area contributed by atoms with Gasteiger partial charge in [0.25, 0.3) is 0 Å². The van der Waals surface area contributed by atoms with Gasteiger partial charge in [-0.05, 0) is 31.9 Å². The van der Waals surface area contributed by atoms with Crippen LogP contribution in [0.1, 0.15) is 25.3 Å². The first-order chi connectivity index (χ1) is 11.7. The smallest absolute Gasteiger partial charge is 0.318 e. The summed E-state index contributed by atoms with van der Waals surface area (Å²) in [6.07, 6.45) is 1.88. The van der Waals surface area contributed by atoms with Crippen molar-refractivity contribution in [2.75, 3.05) is 26.3 Å². The summed E-state index contributed by atoms with van der Waals surface area (Å²) in [5, 5.41) is 0. The van der Waals surface area contributed by atoms with Gasteiger partial charge in [-0.3, -0.25) is 14.5 Å². The summed E-state index contributed by atoms with van der Waals surface area (Å²) < 4.78 is 11.0. The second-order valence-corrected chi connectivity index (χ2v) is 6.53. The SMILES string of the molecule is CCOC(=O)C1C(=O)C2CCCN(C2)C1COCc1ccccc1. The number of hydrogen-bond donors (Lipinski definition) is 0. The van der Waals surface area contributed by atoms with Gasteiger partial charge in [0.05, 0.1) is 25.9 Å². The molecule has 0 amide bonds. The molecule has 5 nitrogen and oxygen atoms in total. The van der Waals surface area contributed by atoms with Crippen LogP contribution >= 0.6 is 0 Å². The topological polar surface area (TPSA) is 55.8 Å². The van der Waals surface area contributed by atoms with Crippen molar-refractivity contribution in [2.45, 2.75) is 32.4 Å². The highest BCUT2D eigenvalue weighted by Gasteiger charge is 2.48. The Kier molecular flexibility index (Phi) is 5.63. The Labute approximate surface area is 142 Å². The van der Waals surface area contributed by atoms with Crippen LogP contribution in [0.2, 0.25) is 0 Å². The van der Waals surface area contributed by atoms with Gasteiger partial charge in [-0.25, -0.2) is 0 Å². The first-order valence-electron chi connectivity index (χ1n) is 8.76. The summed E-state index contributed by atoms with van der Waals surface area (Å²) in [4.78, 5) is 27.3. The zero-order chi connectivity index (χ0) is 16.9. The van der Waals surface area contributed by atoms with Crippen molar-refractivity contribution in [1.82, 2.24) is 4.90 Å². The number of ketones is 1. The summed E-state index contributed by atoms with van der Waals surface area (Å²) in [7, 11) is 0. The fraction of sp³-hybridized carbons (Fsp3) is 0.579. The van der Waals surface area contributed by atoms with E-state index in [2.05, 4.69) is 4.90 Å². The third kappa shape index (κ3) is 3.68. The Hall–Kier alpha value is -1.72. The van der Waals surface area contributed by atoms with E-state index < -0.39 is 11.9 Å². The summed E-state index contributed by atoms with van der Waals surface area (Å²) >= 11 is 0. The maximum absolute atomic E-state index is 12.7. The lowest BCUT2D eigenvalue weighted by Gasteiger charge is -2.45. The normalized spacial score (nSPS) is 29.3. The number of rotatable bonds is 6. The van der Waals surface area contributed by atoms with Crippen LogP contribution in [0, 0.1) is 11.8 Å². The summed E-state index contributed by atoms with van der Waals surface area (Å²) in [5.74, 6) is -1.09. The van der Waals surface area contributed by atoms with Gasteiger partial charge < -0.3 is 9.47 Å². The molecule has 0 aliphatic carbocycles. The van der Waals surface area contributed by atoms with Crippen molar-refractivity contribution in [3.8, 4) is 0 Å². The molecule has 0 N–H and O–H groups in total. The molecule has 0 radical (unpaired) electrons. The van der Waals surface area contributed by atoms with E-state index in [4.69, 9.17) is 9.47 Å². The molecule has 4 atom stereocenters. The first-order valence-corrected chi connectivity index (χ1v) is 8.76. The van der Waals surface area contributed by atoms with Crippen LogP contribution in [-0.2, 0) is 25.7 Å². The second kappa shape index (κ2) is 7.90. The molecule has 1 aromatic carbocycles. The first kappa shape index (κ1) is 17.1. The molecule has 3 rings (SSSR count). The molecule has 0 saturated carbocycles. The van der Waals surface area contributed by atoms with Crippen LogP contribution in [0.3, 0.4) is 0 Å². The lowest BCUT2D eigenvalue weighted by Crippen LogP contribution is -2.60. The fourth-order valence-corrected chi connectivity index (χ4v) is 3.77. The zero-order valence-corrected chi connectivity index (χ0v) is 14.1. The van der Waals surface area contributed by atoms with Crippen LogP contribution in [-0.4, -0.2) is 49.0 Å². The van der Waals surface area contributed by atoms with E-state index >= 15 is 0 Å². The minimum Gasteiger partial charge on any atom is -0.465 e. The summed E-state index contributed by atoms with van der Waals surface area (Å²) in [5.41, 5.74) is 1.09. The second-order valence-electron chi connectivity index (χ2n) is 6.53. The number of ether oxygens (including phenoxy) is 2. The molecule has 2 aliphatic rings. The highest BCUT2D eigenvalue weighted by Crippen LogP contribution is 2.32. The van der Waals surface area contributed by atoms with Crippen molar-refractivity contribution < 1.29 is 19.1 Å². The van der Waals surface area contributed by atoms with Crippen LogP contribution in [0.5, 0.6) is 0 Å². The number of Topliss-reactive ketones (excluding diaryl/α,β-unsaturated/α-hetero) is 1. The molecule has 130 valence electrons. The van der Waals surface area contributed by atoms with Gasteiger partial charge >= 0.3 is 5.97 Å². The lowest BCUT2D eigenvalue weighted by atomic mass is 9.77. The molecule has 24 heavy (non-hydrogen) atoms. The van der Waals surface area contributed by atoms with Crippen molar-refractivity contribution in [3.05, 3.63) is 35.9 Å². The molecule has 5 heteroatoms. The van der Waals surface area contributed by atoms with E-state index in [9.17, 15) is 9.59 Å². The molecule has 2 aliphatic heterocycles. The van der Waals surface area contributed by atoms with E-state index in [0.29, 0.717) is 19.8 Å². The minimum absolute atomic E-state index is 0.0291. The van der Waals surface area contributed by atoms with E-state index in [1.54, 1.807) is 6.92 Å². The van der Waals surface area contributed by atoms with Gasteiger partial charge in [0, 0.05) is 12.5 Å². The third-order valence-electron chi connectivity index (χ3n) is 4.96. The highest BCUT2D eigenvalue weighted by atomic mass is 16.5. The van der Waals surface area contributed by atoms with Gasteiger partial charge in [0.15, 0.2) is 5.78 Å². The summed E-state index contributed by atoms with van der Waals surface area (Å²) in [6.45, 7) is 4.58. The van der Waals surface area contributed by atoms with Crippen LogP contribution in [0.4, 0.5) is 0 Å². The minimum atomic E-state index is -0.709. The number of carbonyl (C=O) groups is 2. The van der Waals surface area contributed by atoms with Gasteiger partial charge in [0.2, 0.25) is 0 Å². The average molecular weight is 331 g/mol. The van der Waals surface area contributed by atoms with Crippen LogP contribution < -0.4 is 0 Å². The molecule has 0 aromatic heterocycles. The number of esters is 1. The van der Waals surface area contributed by atoms with Crippen molar-refractivity contribution in [1.29, 1.82) is 0 Å². The maximum Gasteiger partial charge on any atom is 0.318 e. The van der Waals surface area contributed by atoms with Gasteiger partial charge in [-0.1, -0.05) is 30.3 Å². The molecular formula is C19H25NO4. The maximum atomic E-state index is 12.7. The Morgan fingerprint density at radius 2 is 2.08 bits per heavy atom. The quantitative estimate of drug-likeness (QED) is 0.590. The average Bonchev–Trinajstić information content (AvgIpc) is 2.61.